The molecule has 1 heterocycles. The van der Waals surface area contributed by atoms with E-state index in [2.05, 4.69) is 20.9 Å². The smallest absolute Gasteiger partial charge is 0.319 e. The summed E-state index contributed by atoms with van der Waals surface area (Å²) in [5.74, 6) is 0. The van der Waals surface area contributed by atoms with E-state index in [1.54, 1.807) is 29.2 Å². The normalized spacial score (nSPS) is 18.6. The standard InChI is InChI=1S/C18H17N5O2/c24-16-11-12-3-1-2-4-15(12)17(16)21-18(25)20-13-5-7-14(8-6-13)23-10-9-19-22-23/h1-10,16-17,24H,11H2,(H2,20,21,25)/t16-,17-/m0/s1. The summed E-state index contributed by atoms with van der Waals surface area (Å²) in [6.07, 6.45) is 3.28. The zero-order valence-corrected chi connectivity index (χ0v) is 13.3. The van der Waals surface area contributed by atoms with Crippen LogP contribution >= 0.6 is 0 Å². The van der Waals surface area contributed by atoms with E-state index in [0.29, 0.717) is 12.1 Å². The molecule has 0 radical (unpaired) electrons. The Morgan fingerprint density at radius 3 is 2.72 bits per heavy atom. The van der Waals surface area contributed by atoms with E-state index in [0.717, 1.165) is 16.8 Å². The van der Waals surface area contributed by atoms with Crippen LogP contribution < -0.4 is 10.6 Å². The summed E-state index contributed by atoms with van der Waals surface area (Å²) in [4.78, 5) is 12.3. The Bertz CT molecular complexity index is 877. The number of hydrogen-bond donors (Lipinski definition) is 3. The molecule has 25 heavy (non-hydrogen) atoms. The number of nitrogens with one attached hydrogen (secondary N) is 2. The quantitative estimate of drug-likeness (QED) is 0.683. The zero-order chi connectivity index (χ0) is 17.2. The van der Waals surface area contributed by atoms with E-state index < -0.39 is 12.1 Å². The molecule has 3 N–H and O–H groups in total. The molecule has 1 aliphatic carbocycles. The highest BCUT2D eigenvalue weighted by Gasteiger charge is 2.31. The van der Waals surface area contributed by atoms with Crippen LogP contribution in [0.5, 0.6) is 0 Å². The van der Waals surface area contributed by atoms with Crippen LogP contribution in [-0.2, 0) is 6.42 Å². The van der Waals surface area contributed by atoms with Crippen LogP contribution in [0.1, 0.15) is 17.2 Å². The van der Waals surface area contributed by atoms with E-state index in [4.69, 9.17) is 0 Å². The lowest BCUT2D eigenvalue weighted by Gasteiger charge is -2.18. The summed E-state index contributed by atoms with van der Waals surface area (Å²) in [6.45, 7) is 0. The summed E-state index contributed by atoms with van der Waals surface area (Å²) in [6, 6.07) is 14.3. The number of aliphatic hydroxyl groups is 1. The molecule has 4 rings (SSSR count). The van der Waals surface area contributed by atoms with Gasteiger partial charge in [0, 0.05) is 12.1 Å². The van der Waals surface area contributed by atoms with Crippen LogP contribution in [0.4, 0.5) is 10.5 Å². The fraction of sp³-hybridized carbons (Fsp3) is 0.167. The minimum atomic E-state index is -0.613. The van der Waals surface area contributed by atoms with E-state index in [9.17, 15) is 9.90 Å². The Morgan fingerprint density at radius 2 is 1.96 bits per heavy atom. The Balaban J connectivity index is 1.42. The number of urea groups is 1. The number of fused-ring (bicyclic) bond motifs is 1. The van der Waals surface area contributed by atoms with Crippen LogP contribution in [0.2, 0.25) is 0 Å². The lowest BCUT2D eigenvalue weighted by atomic mass is 10.1. The van der Waals surface area contributed by atoms with Crippen LogP contribution in [0.25, 0.3) is 5.69 Å². The molecule has 0 fully saturated rings. The van der Waals surface area contributed by atoms with Crippen LogP contribution in [0.3, 0.4) is 0 Å². The Morgan fingerprint density at radius 1 is 1.16 bits per heavy atom. The van der Waals surface area contributed by atoms with E-state index >= 15 is 0 Å². The van der Waals surface area contributed by atoms with Crippen LogP contribution in [-0.4, -0.2) is 32.2 Å². The number of aliphatic hydroxyl groups excluding tert-OH is 1. The lowest BCUT2D eigenvalue weighted by molar-refractivity contribution is 0.144. The van der Waals surface area contributed by atoms with Gasteiger partial charge in [0.1, 0.15) is 0 Å². The van der Waals surface area contributed by atoms with Crippen molar-refractivity contribution in [2.24, 2.45) is 0 Å². The Kier molecular flexibility index (Phi) is 3.91. The number of carbonyl (C=O) groups excluding carboxylic acids is 1. The van der Waals surface area contributed by atoms with Gasteiger partial charge < -0.3 is 15.7 Å². The molecular formula is C18H17N5O2. The molecular weight excluding hydrogens is 318 g/mol. The molecule has 2 atom stereocenters. The Hall–Kier alpha value is -3.19. The van der Waals surface area contributed by atoms with Gasteiger partial charge in [0.25, 0.3) is 0 Å². The van der Waals surface area contributed by atoms with E-state index in [1.807, 2.05) is 36.4 Å². The van der Waals surface area contributed by atoms with Crippen molar-refractivity contribution in [1.29, 1.82) is 0 Å². The predicted octanol–water partition coefficient (Wildman–Crippen LogP) is 2.05. The van der Waals surface area contributed by atoms with Crippen molar-refractivity contribution in [2.45, 2.75) is 18.6 Å². The Labute approximate surface area is 144 Å². The molecule has 0 bridgehead atoms. The van der Waals surface area contributed by atoms with Gasteiger partial charge in [-0.3, -0.25) is 0 Å². The third kappa shape index (κ3) is 3.09. The molecule has 0 saturated heterocycles. The van der Waals surface area contributed by atoms with Crippen molar-refractivity contribution in [2.75, 3.05) is 5.32 Å². The van der Waals surface area contributed by atoms with Crippen molar-refractivity contribution in [3.05, 3.63) is 72.1 Å². The number of rotatable bonds is 3. The molecule has 1 aromatic heterocycles. The predicted molar refractivity (Wildman–Crippen MR) is 92.4 cm³/mol. The van der Waals surface area contributed by atoms with Crippen molar-refractivity contribution < 1.29 is 9.90 Å². The highest BCUT2D eigenvalue weighted by Crippen LogP contribution is 2.31. The molecule has 0 aliphatic heterocycles. The maximum atomic E-state index is 12.3. The first-order chi connectivity index (χ1) is 12.2. The number of hydrogen-bond acceptors (Lipinski definition) is 4. The third-order valence-electron chi connectivity index (χ3n) is 4.30. The van der Waals surface area contributed by atoms with Gasteiger partial charge in [-0.15, -0.1) is 5.10 Å². The third-order valence-corrected chi connectivity index (χ3v) is 4.30. The molecule has 126 valence electrons. The van der Waals surface area contributed by atoms with E-state index in [-0.39, 0.29) is 6.03 Å². The number of anilines is 1. The van der Waals surface area contributed by atoms with Gasteiger partial charge in [0.05, 0.1) is 30.2 Å². The number of amides is 2. The van der Waals surface area contributed by atoms with Crippen molar-refractivity contribution >= 4 is 11.7 Å². The molecule has 0 unspecified atom stereocenters. The van der Waals surface area contributed by atoms with Gasteiger partial charge in [0.15, 0.2) is 0 Å². The van der Waals surface area contributed by atoms with Gasteiger partial charge in [-0.25, -0.2) is 9.48 Å². The van der Waals surface area contributed by atoms with Crippen molar-refractivity contribution in [1.82, 2.24) is 20.3 Å². The number of aromatic nitrogens is 3. The SMILES string of the molecule is O=C(Nc1ccc(-n2ccnn2)cc1)N[C@H]1c2ccccc2C[C@@H]1O. The highest BCUT2D eigenvalue weighted by molar-refractivity contribution is 5.89. The summed E-state index contributed by atoms with van der Waals surface area (Å²) in [5, 5.41) is 23.5. The number of nitrogens with zero attached hydrogens (tertiary/aromatic N) is 3. The monoisotopic (exact) mass is 335 g/mol. The topological polar surface area (TPSA) is 92.1 Å². The minimum Gasteiger partial charge on any atom is -0.390 e. The second-order valence-electron chi connectivity index (χ2n) is 5.94. The summed E-state index contributed by atoms with van der Waals surface area (Å²) in [5.41, 5.74) is 3.54. The van der Waals surface area contributed by atoms with Crippen LogP contribution in [0, 0.1) is 0 Å². The second-order valence-corrected chi connectivity index (χ2v) is 5.94. The van der Waals surface area contributed by atoms with Crippen LogP contribution in [0.15, 0.2) is 60.9 Å². The lowest BCUT2D eigenvalue weighted by Crippen LogP contribution is -2.36. The van der Waals surface area contributed by atoms with Crippen molar-refractivity contribution in [3.8, 4) is 5.69 Å². The van der Waals surface area contributed by atoms with Gasteiger partial charge in [-0.2, -0.15) is 0 Å². The van der Waals surface area contributed by atoms with Gasteiger partial charge >= 0.3 is 6.03 Å². The minimum absolute atomic E-state index is 0.353. The van der Waals surface area contributed by atoms with E-state index in [1.165, 1.54) is 0 Å². The molecule has 2 amide bonds. The first-order valence-corrected chi connectivity index (χ1v) is 8.01. The number of benzene rings is 2. The first kappa shape index (κ1) is 15.3. The fourth-order valence-electron chi connectivity index (χ4n) is 3.10. The summed E-state index contributed by atoms with van der Waals surface area (Å²) in [7, 11) is 0. The van der Waals surface area contributed by atoms with Gasteiger partial charge in [-0.1, -0.05) is 29.5 Å². The molecule has 1 aliphatic rings. The second kappa shape index (κ2) is 6.37. The average Bonchev–Trinajstić information content (AvgIpc) is 3.25. The molecule has 2 aromatic carbocycles. The molecule has 3 aromatic rings. The summed E-state index contributed by atoms with van der Waals surface area (Å²) < 4.78 is 1.63. The highest BCUT2D eigenvalue weighted by atomic mass is 16.3. The molecule has 7 nitrogen and oxygen atoms in total. The maximum Gasteiger partial charge on any atom is 0.319 e. The largest absolute Gasteiger partial charge is 0.390 e. The maximum absolute atomic E-state index is 12.3. The summed E-state index contributed by atoms with van der Waals surface area (Å²) >= 11 is 0. The average molecular weight is 335 g/mol. The molecule has 7 heteroatoms. The zero-order valence-electron chi connectivity index (χ0n) is 13.3. The van der Waals surface area contributed by atoms with Crippen molar-refractivity contribution in [3.63, 3.8) is 0 Å². The van der Waals surface area contributed by atoms with Gasteiger partial charge in [-0.05, 0) is 35.4 Å². The fourth-order valence-corrected chi connectivity index (χ4v) is 3.10. The first-order valence-electron chi connectivity index (χ1n) is 8.01. The number of carbonyl (C=O) groups is 1. The van der Waals surface area contributed by atoms with Gasteiger partial charge in [0.2, 0.25) is 0 Å². The molecule has 0 spiro atoms. The molecule has 0 saturated carbocycles.